The summed E-state index contributed by atoms with van der Waals surface area (Å²) in [6, 6.07) is 14.3. The first-order valence-electron chi connectivity index (χ1n) is 8.98. The summed E-state index contributed by atoms with van der Waals surface area (Å²) in [5, 5.41) is 12.1. The molecule has 0 amide bonds. The number of ketones is 1. The Balaban J connectivity index is 1.71. The maximum absolute atomic E-state index is 12.5. The van der Waals surface area contributed by atoms with Crippen LogP contribution in [0.25, 0.3) is 10.6 Å². The van der Waals surface area contributed by atoms with Crippen molar-refractivity contribution in [2.75, 3.05) is 14.2 Å². The average molecular weight is 411 g/mol. The van der Waals surface area contributed by atoms with E-state index in [0.29, 0.717) is 22.8 Å². The molecule has 150 valence electrons. The molecule has 2 aromatic carbocycles. The minimum Gasteiger partial charge on any atom is -0.493 e. The summed E-state index contributed by atoms with van der Waals surface area (Å²) in [5.74, 6) is -0.791. The number of aliphatic carboxylic acids is 1. The first kappa shape index (κ1) is 20.5. The molecule has 3 aromatic rings. The molecule has 0 aliphatic carbocycles. The van der Waals surface area contributed by atoms with Gasteiger partial charge in [-0.3, -0.25) is 9.59 Å². The van der Waals surface area contributed by atoms with Crippen LogP contribution in [-0.4, -0.2) is 36.1 Å². The van der Waals surface area contributed by atoms with E-state index in [4.69, 9.17) is 9.47 Å². The molecular weight excluding hydrogens is 390 g/mol. The molecule has 0 radical (unpaired) electrons. The third kappa shape index (κ3) is 5.00. The molecule has 1 N–H and O–H groups in total. The predicted octanol–water partition coefficient (Wildman–Crippen LogP) is 4.20. The van der Waals surface area contributed by atoms with Gasteiger partial charge in [0.2, 0.25) is 0 Å². The van der Waals surface area contributed by atoms with Gasteiger partial charge in [-0.25, -0.2) is 4.98 Å². The lowest BCUT2D eigenvalue weighted by Gasteiger charge is -2.11. The lowest BCUT2D eigenvalue weighted by atomic mass is 9.93. The van der Waals surface area contributed by atoms with E-state index in [1.165, 1.54) is 11.3 Å². The van der Waals surface area contributed by atoms with E-state index in [0.717, 1.165) is 10.6 Å². The van der Waals surface area contributed by atoms with Crippen LogP contribution < -0.4 is 9.47 Å². The van der Waals surface area contributed by atoms with Crippen molar-refractivity contribution in [1.29, 1.82) is 0 Å². The molecule has 0 bridgehead atoms. The number of hydrogen-bond donors (Lipinski definition) is 1. The molecule has 0 fully saturated rings. The van der Waals surface area contributed by atoms with Crippen LogP contribution in [0.1, 0.15) is 23.6 Å². The highest BCUT2D eigenvalue weighted by molar-refractivity contribution is 7.13. The Bertz CT molecular complexity index is 999. The number of Topliss-reactive ketones (excluding diaryl/α,β-unsaturated/α-hetero) is 1. The lowest BCUT2D eigenvalue weighted by Crippen LogP contribution is -2.17. The van der Waals surface area contributed by atoms with Crippen LogP contribution in [0.3, 0.4) is 0 Å². The summed E-state index contributed by atoms with van der Waals surface area (Å²) < 4.78 is 10.6. The van der Waals surface area contributed by atoms with Gasteiger partial charge in [-0.05, 0) is 23.8 Å². The number of carboxylic acid groups (broad SMARTS) is 1. The van der Waals surface area contributed by atoms with Gasteiger partial charge in [-0.15, -0.1) is 11.3 Å². The largest absolute Gasteiger partial charge is 0.493 e. The van der Waals surface area contributed by atoms with Gasteiger partial charge in [0.1, 0.15) is 10.8 Å². The highest BCUT2D eigenvalue weighted by Crippen LogP contribution is 2.33. The van der Waals surface area contributed by atoms with Gasteiger partial charge >= 0.3 is 5.97 Å². The summed E-state index contributed by atoms with van der Waals surface area (Å²) in [7, 11) is 3.14. The van der Waals surface area contributed by atoms with Crippen LogP contribution in [-0.2, 0) is 16.0 Å². The van der Waals surface area contributed by atoms with Crippen molar-refractivity contribution < 1.29 is 24.2 Å². The Hall–Kier alpha value is -3.19. The Labute approximate surface area is 172 Å². The van der Waals surface area contributed by atoms with E-state index in [9.17, 15) is 14.7 Å². The van der Waals surface area contributed by atoms with Crippen LogP contribution in [0, 0.1) is 0 Å². The van der Waals surface area contributed by atoms with Crippen molar-refractivity contribution in [2.24, 2.45) is 0 Å². The number of aromatic nitrogens is 1. The molecule has 7 heteroatoms. The number of carboxylic acids is 1. The van der Waals surface area contributed by atoms with Crippen molar-refractivity contribution in [3.05, 3.63) is 65.2 Å². The molecule has 0 spiro atoms. The second-order valence-corrected chi connectivity index (χ2v) is 7.29. The number of thiazole rings is 1. The number of benzene rings is 2. The summed E-state index contributed by atoms with van der Waals surface area (Å²) in [6.45, 7) is 0. The zero-order valence-corrected chi connectivity index (χ0v) is 16.9. The van der Waals surface area contributed by atoms with E-state index in [1.54, 1.807) is 44.6 Å². The quantitative estimate of drug-likeness (QED) is 0.568. The van der Waals surface area contributed by atoms with Gasteiger partial charge in [0.25, 0.3) is 0 Å². The third-order valence-corrected chi connectivity index (χ3v) is 5.43. The fourth-order valence-corrected chi connectivity index (χ4v) is 3.84. The number of carbonyl (C=O) groups is 2. The second-order valence-electron chi connectivity index (χ2n) is 6.43. The third-order valence-electron chi connectivity index (χ3n) is 4.49. The summed E-state index contributed by atoms with van der Waals surface area (Å²) >= 11 is 1.42. The Kier molecular flexibility index (Phi) is 6.61. The van der Waals surface area contributed by atoms with Gasteiger partial charge in [0, 0.05) is 23.8 Å². The second kappa shape index (κ2) is 9.34. The topological polar surface area (TPSA) is 85.7 Å². The predicted molar refractivity (Wildman–Crippen MR) is 111 cm³/mol. The molecule has 0 saturated heterocycles. The van der Waals surface area contributed by atoms with E-state index in [2.05, 4.69) is 4.98 Å². The first-order chi connectivity index (χ1) is 14.0. The van der Waals surface area contributed by atoms with Gasteiger partial charge in [0.15, 0.2) is 11.5 Å². The van der Waals surface area contributed by atoms with E-state index in [1.807, 2.05) is 23.6 Å². The molecule has 0 unspecified atom stereocenters. The van der Waals surface area contributed by atoms with Gasteiger partial charge in [-0.2, -0.15) is 0 Å². The van der Waals surface area contributed by atoms with Crippen LogP contribution >= 0.6 is 11.3 Å². The van der Waals surface area contributed by atoms with Gasteiger partial charge < -0.3 is 14.6 Å². The molecule has 0 saturated carbocycles. The van der Waals surface area contributed by atoms with Gasteiger partial charge in [0.05, 0.1) is 25.8 Å². The summed E-state index contributed by atoms with van der Waals surface area (Å²) in [6.07, 6.45) is 0.0307. The number of hydrogen-bond acceptors (Lipinski definition) is 6. The van der Waals surface area contributed by atoms with Crippen molar-refractivity contribution in [3.63, 3.8) is 0 Å². The highest BCUT2D eigenvalue weighted by Gasteiger charge is 2.23. The van der Waals surface area contributed by atoms with Crippen molar-refractivity contribution in [1.82, 2.24) is 4.98 Å². The first-order valence-corrected chi connectivity index (χ1v) is 9.86. The molecule has 1 aromatic heterocycles. The van der Waals surface area contributed by atoms with Crippen LogP contribution in [0.15, 0.2) is 53.9 Å². The van der Waals surface area contributed by atoms with Crippen molar-refractivity contribution in [3.8, 4) is 22.1 Å². The molecular formula is C22H21NO5S. The van der Waals surface area contributed by atoms with Crippen LogP contribution in [0.2, 0.25) is 0 Å². The van der Waals surface area contributed by atoms with Gasteiger partial charge in [-0.1, -0.05) is 30.3 Å². The Morgan fingerprint density at radius 1 is 1.07 bits per heavy atom. The summed E-state index contributed by atoms with van der Waals surface area (Å²) in [4.78, 5) is 28.6. The normalized spacial score (nSPS) is 11.7. The molecule has 3 rings (SSSR count). The zero-order chi connectivity index (χ0) is 20.8. The molecule has 0 aliphatic heterocycles. The standard InChI is InChI=1S/C22H21NO5S/c1-27-19-9-8-15(10-20(19)28-2)21-23-16(13-29-21)11-17(24)12-18(22(25)26)14-6-4-3-5-7-14/h3-10,13,18H,11-12H2,1-2H3,(H,25,26)/t18-/m0/s1. The van der Waals surface area contributed by atoms with Crippen molar-refractivity contribution in [2.45, 2.75) is 18.8 Å². The SMILES string of the molecule is COc1ccc(-c2nc(CC(=O)C[C@H](C(=O)O)c3ccccc3)cs2)cc1OC. The fraction of sp³-hybridized carbons (Fsp3) is 0.227. The number of ether oxygens (including phenoxy) is 2. The fourth-order valence-electron chi connectivity index (χ4n) is 3.02. The maximum atomic E-state index is 12.5. The summed E-state index contributed by atoms with van der Waals surface area (Å²) in [5.41, 5.74) is 2.11. The number of methoxy groups -OCH3 is 2. The molecule has 6 nitrogen and oxygen atoms in total. The molecule has 29 heavy (non-hydrogen) atoms. The molecule has 0 aliphatic rings. The monoisotopic (exact) mass is 411 g/mol. The average Bonchev–Trinajstić information content (AvgIpc) is 3.20. The van der Waals surface area contributed by atoms with E-state index >= 15 is 0 Å². The Morgan fingerprint density at radius 3 is 2.45 bits per heavy atom. The van der Waals surface area contributed by atoms with E-state index in [-0.39, 0.29) is 18.6 Å². The lowest BCUT2D eigenvalue weighted by molar-refractivity contribution is -0.140. The number of nitrogens with zero attached hydrogens (tertiary/aromatic N) is 1. The van der Waals surface area contributed by atoms with E-state index < -0.39 is 11.9 Å². The highest BCUT2D eigenvalue weighted by atomic mass is 32.1. The van der Waals surface area contributed by atoms with Crippen LogP contribution in [0.4, 0.5) is 0 Å². The number of carbonyl (C=O) groups excluding carboxylic acids is 1. The van der Waals surface area contributed by atoms with Crippen LogP contribution in [0.5, 0.6) is 11.5 Å². The minimum atomic E-state index is -1.01. The number of rotatable bonds is 9. The zero-order valence-electron chi connectivity index (χ0n) is 16.1. The maximum Gasteiger partial charge on any atom is 0.311 e. The minimum absolute atomic E-state index is 0.0669. The Morgan fingerprint density at radius 2 is 1.79 bits per heavy atom. The molecule has 1 heterocycles. The smallest absolute Gasteiger partial charge is 0.311 e. The molecule has 1 atom stereocenters. The van der Waals surface area contributed by atoms with Crippen molar-refractivity contribution >= 4 is 23.1 Å².